The second kappa shape index (κ2) is 6.18. The highest BCUT2D eigenvalue weighted by Crippen LogP contribution is 2.35. The van der Waals surface area contributed by atoms with Crippen LogP contribution in [0.15, 0.2) is 39.4 Å². The van der Waals surface area contributed by atoms with Crippen molar-refractivity contribution in [3.8, 4) is 0 Å². The molecule has 25 heavy (non-hydrogen) atoms. The lowest BCUT2D eigenvalue weighted by Gasteiger charge is -2.06. The van der Waals surface area contributed by atoms with Crippen LogP contribution in [0.2, 0.25) is 0 Å². The minimum atomic E-state index is -3.70. The van der Waals surface area contributed by atoms with Gasteiger partial charge in [0.25, 0.3) is 11.2 Å². The second-order valence-corrected chi connectivity index (χ2v) is 7.66. The molecular formula is C12H10N6O5S2. The second-order valence-electron chi connectivity index (χ2n) is 4.88. The van der Waals surface area contributed by atoms with Crippen LogP contribution in [0, 0.1) is 10.1 Å². The van der Waals surface area contributed by atoms with Crippen LogP contribution in [0.1, 0.15) is 0 Å². The SMILES string of the molecule is CS(=O)(=O)Nc1nc2cc(Sc3ncc[nH]3)c([N+](=O)[O-])cc2[nH]c1=O. The van der Waals surface area contributed by atoms with Crippen molar-refractivity contribution < 1.29 is 13.3 Å². The molecule has 0 radical (unpaired) electrons. The number of nitro benzene ring substituents is 1. The maximum absolute atomic E-state index is 11.9. The van der Waals surface area contributed by atoms with Crippen LogP contribution in [0.5, 0.6) is 0 Å². The third-order valence-corrected chi connectivity index (χ3v) is 4.46. The number of sulfonamides is 1. The zero-order valence-corrected chi connectivity index (χ0v) is 14.1. The van der Waals surface area contributed by atoms with Gasteiger partial charge in [-0.1, -0.05) is 0 Å². The van der Waals surface area contributed by atoms with Gasteiger partial charge in [0.15, 0.2) is 5.16 Å². The van der Waals surface area contributed by atoms with Crippen LogP contribution in [-0.4, -0.2) is 39.5 Å². The van der Waals surface area contributed by atoms with E-state index < -0.39 is 26.3 Å². The Kier molecular flexibility index (Phi) is 4.18. The van der Waals surface area contributed by atoms with Crippen LogP contribution in [0.3, 0.4) is 0 Å². The highest BCUT2D eigenvalue weighted by Gasteiger charge is 2.19. The van der Waals surface area contributed by atoms with Gasteiger partial charge in [-0.3, -0.25) is 19.6 Å². The standard InChI is InChI=1S/C12H10N6O5S2/c1-25(22,23)17-10-11(19)16-6-4-8(18(20)21)9(5-7(6)15-10)24-12-13-2-3-14-12/h2-5H,1H3,(H,13,14)(H,15,17)(H,16,19). The highest BCUT2D eigenvalue weighted by atomic mass is 32.2. The Balaban J connectivity index is 2.17. The van der Waals surface area contributed by atoms with Crippen molar-refractivity contribution in [1.82, 2.24) is 19.9 Å². The lowest BCUT2D eigenvalue weighted by atomic mass is 10.2. The van der Waals surface area contributed by atoms with Crippen LogP contribution in [-0.2, 0) is 10.0 Å². The minimum absolute atomic E-state index is 0.111. The minimum Gasteiger partial charge on any atom is -0.339 e. The first-order valence-electron chi connectivity index (χ1n) is 6.60. The molecule has 0 saturated carbocycles. The van der Waals surface area contributed by atoms with Gasteiger partial charge in [-0.15, -0.1) is 0 Å². The van der Waals surface area contributed by atoms with E-state index in [1.807, 2.05) is 4.72 Å². The summed E-state index contributed by atoms with van der Waals surface area (Å²) >= 11 is 1.01. The van der Waals surface area contributed by atoms with Crippen molar-refractivity contribution in [2.24, 2.45) is 0 Å². The van der Waals surface area contributed by atoms with Gasteiger partial charge in [-0.2, -0.15) is 0 Å². The maximum Gasteiger partial charge on any atom is 0.292 e. The van der Waals surface area contributed by atoms with Crippen molar-refractivity contribution in [1.29, 1.82) is 0 Å². The fourth-order valence-corrected chi connectivity index (χ4v) is 3.33. The smallest absolute Gasteiger partial charge is 0.292 e. The molecular weight excluding hydrogens is 372 g/mol. The largest absolute Gasteiger partial charge is 0.339 e. The van der Waals surface area contributed by atoms with E-state index in [1.165, 1.54) is 18.3 Å². The molecule has 0 saturated heterocycles. The lowest BCUT2D eigenvalue weighted by Crippen LogP contribution is -2.20. The maximum atomic E-state index is 11.9. The molecule has 0 amide bonds. The summed E-state index contributed by atoms with van der Waals surface area (Å²) in [4.78, 5) is 36.0. The Hall–Kier alpha value is -2.93. The molecule has 2 heterocycles. The lowest BCUT2D eigenvalue weighted by molar-refractivity contribution is -0.387. The number of hydrogen-bond acceptors (Lipinski definition) is 8. The normalized spacial score (nSPS) is 11.6. The third kappa shape index (κ3) is 3.77. The number of nitro groups is 1. The summed E-state index contributed by atoms with van der Waals surface area (Å²) in [6.45, 7) is 0. The summed E-state index contributed by atoms with van der Waals surface area (Å²) in [6.07, 6.45) is 3.95. The summed E-state index contributed by atoms with van der Waals surface area (Å²) < 4.78 is 24.6. The number of hydrogen-bond donors (Lipinski definition) is 3. The molecule has 0 unspecified atom stereocenters. The summed E-state index contributed by atoms with van der Waals surface area (Å²) in [5.41, 5.74) is -0.751. The summed E-state index contributed by atoms with van der Waals surface area (Å²) in [7, 11) is -3.70. The van der Waals surface area contributed by atoms with Crippen molar-refractivity contribution >= 4 is 44.3 Å². The van der Waals surface area contributed by atoms with Gasteiger partial charge in [0.2, 0.25) is 15.8 Å². The molecule has 0 bridgehead atoms. The van der Waals surface area contributed by atoms with E-state index in [1.54, 1.807) is 6.20 Å². The van der Waals surface area contributed by atoms with E-state index in [0.29, 0.717) is 5.16 Å². The van der Waals surface area contributed by atoms with Gasteiger partial charge in [0.05, 0.1) is 27.1 Å². The number of benzene rings is 1. The number of fused-ring (bicyclic) bond motifs is 1. The molecule has 0 atom stereocenters. The number of H-pyrrole nitrogens is 2. The Bertz CT molecular complexity index is 1120. The van der Waals surface area contributed by atoms with Gasteiger partial charge >= 0.3 is 0 Å². The zero-order valence-electron chi connectivity index (χ0n) is 12.5. The Labute approximate surface area is 144 Å². The number of nitrogens with zero attached hydrogens (tertiary/aromatic N) is 3. The molecule has 0 aliphatic rings. The van der Waals surface area contributed by atoms with Crippen LogP contribution < -0.4 is 10.3 Å². The molecule has 0 fully saturated rings. The highest BCUT2D eigenvalue weighted by molar-refractivity contribution is 7.99. The van der Waals surface area contributed by atoms with Gasteiger partial charge in [-0.05, 0) is 17.8 Å². The fourth-order valence-electron chi connectivity index (χ4n) is 1.98. The average Bonchev–Trinajstić information content (AvgIpc) is 2.99. The summed E-state index contributed by atoms with van der Waals surface area (Å²) in [5.74, 6) is -0.419. The van der Waals surface area contributed by atoms with Crippen molar-refractivity contribution in [3.05, 3.63) is 45.0 Å². The first kappa shape index (κ1) is 16.9. The molecule has 0 aliphatic carbocycles. The molecule has 130 valence electrons. The average molecular weight is 382 g/mol. The van der Waals surface area contributed by atoms with Crippen molar-refractivity contribution in [2.45, 2.75) is 10.1 Å². The number of aromatic amines is 2. The van der Waals surface area contributed by atoms with E-state index in [-0.39, 0.29) is 21.6 Å². The van der Waals surface area contributed by atoms with E-state index in [0.717, 1.165) is 18.0 Å². The van der Waals surface area contributed by atoms with Crippen LogP contribution in [0.4, 0.5) is 11.5 Å². The fraction of sp³-hybridized carbons (Fsp3) is 0.0833. The number of rotatable bonds is 5. The number of aromatic nitrogens is 4. The number of imidazole rings is 1. The van der Waals surface area contributed by atoms with E-state index in [2.05, 4.69) is 19.9 Å². The molecule has 13 heteroatoms. The predicted molar refractivity (Wildman–Crippen MR) is 90.2 cm³/mol. The number of anilines is 1. The third-order valence-electron chi connectivity index (χ3n) is 2.93. The molecule has 2 aromatic heterocycles. The Morgan fingerprint density at radius 1 is 1.36 bits per heavy atom. The van der Waals surface area contributed by atoms with Crippen molar-refractivity contribution in [2.75, 3.05) is 11.0 Å². The predicted octanol–water partition coefficient (Wildman–Crippen LogP) is 1.08. The molecule has 1 aromatic carbocycles. The molecule has 0 spiro atoms. The molecule has 3 rings (SSSR count). The van der Waals surface area contributed by atoms with E-state index >= 15 is 0 Å². The first-order valence-corrected chi connectivity index (χ1v) is 9.31. The molecule has 3 aromatic rings. The molecule has 0 aliphatic heterocycles. The Morgan fingerprint density at radius 3 is 2.72 bits per heavy atom. The topological polar surface area (TPSA) is 164 Å². The summed E-state index contributed by atoms with van der Waals surface area (Å²) in [6, 6.07) is 2.54. The quantitative estimate of drug-likeness (QED) is 0.436. The van der Waals surface area contributed by atoms with Gasteiger partial charge in [0.1, 0.15) is 0 Å². The molecule has 11 nitrogen and oxygen atoms in total. The zero-order chi connectivity index (χ0) is 18.2. The van der Waals surface area contributed by atoms with Crippen molar-refractivity contribution in [3.63, 3.8) is 0 Å². The first-order chi connectivity index (χ1) is 11.7. The van der Waals surface area contributed by atoms with E-state index in [4.69, 9.17) is 0 Å². The Morgan fingerprint density at radius 2 is 2.12 bits per heavy atom. The van der Waals surface area contributed by atoms with E-state index in [9.17, 15) is 23.3 Å². The van der Waals surface area contributed by atoms with Gasteiger partial charge < -0.3 is 9.97 Å². The van der Waals surface area contributed by atoms with Gasteiger partial charge in [-0.25, -0.2) is 18.4 Å². The van der Waals surface area contributed by atoms with Gasteiger partial charge in [0, 0.05) is 18.5 Å². The monoisotopic (exact) mass is 382 g/mol. The summed E-state index contributed by atoms with van der Waals surface area (Å²) in [5, 5.41) is 11.7. The molecule has 3 N–H and O–H groups in total. The number of nitrogens with one attached hydrogen (secondary N) is 3. The van der Waals surface area contributed by atoms with Crippen LogP contribution >= 0.6 is 11.8 Å². The van der Waals surface area contributed by atoms with Crippen LogP contribution in [0.25, 0.3) is 11.0 Å².